The van der Waals surface area contributed by atoms with Crippen LogP contribution in [0.25, 0.3) is 11.3 Å². The Hall–Kier alpha value is -3.32. The van der Waals surface area contributed by atoms with Gasteiger partial charge in [0.2, 0.25) is 4.80 Å². The molecule has 2 aromatic carbocycles. The lowest BCUT2D eigenvalue weighted by atomic mass is 10.1. The summed E-state index contributed by atoms with van der Waals surface area (Å²) >= 11 is 1.51. The van der Waals surface area contributed by atoms with Gasteiger partial charge in [-0.25, -0.2) is 4.68 Å². The van der Waals surface area contributed by atoms with Crippen LogP contribution in [-0.4, -0.2) is 38.8 Å². The van der Waals surface area contributed by atoms with E-state index in [4.69, 9.17) is 19.3 Å². The number of aromatic nitrogens is 1. The average molecular weight is 410 g/mol. The number of nitrogens with zero attached hydrogens (tertiary/aromatic N) is 3. The van der Waals surface area contributed by atoms with E-state index in [1.54, 1.807) is 38.3 Å². The molecule has 0 aliphatic heterocycles. The Morgan fingerprint density at radius 2 is 1.76 bits per heavy atom. The number of para-hydroxylation sites is 2. The van der Waals surface area contributed by atoms with Crippen molar-refractivity contribution in [1.29, 1.82) is 0 Å². The molecule has 0 saturated carbocycles. The minimum absolute atomic E-state index is 0.504. The van der Waals surface area contributed by atoms with Gasteiger partial charge < -0.3 is 14.2 Å². The predicted octanol–water partition coefficient (Wildman–Crippen LogP) is 4.21. The van der Waals surface area contributed by atoms with Crippen molar-refractivity contribution in [3.8, 4) is 28.5 Å². The van der Waals surface area contributed by atoms with E-state index in [9.17, 15) is 0 Å². The van der Waals surface area contributed by atoms with Crippen molar-refractivity contribution in [3.63, 3.8) is 0 Å². The Kier molecular flexibility index (Phi) is 6.86. The highest BCUT2D eigenvalue weighted by Gasteiger charge is 2.13. The fraction of sp³-hybridized carbons (Fsp3) is 0.182. The number of hydrogen-bond acceptors (Lipinski definition) is 6. The summed E-state index contributed by atoms with van der Waals surface area (Å²) in [6.45, 7) is 4.25. The average Bonchev–Trinajstić information content (AvgIpc) is 3.18. The molecule has 0 saturated heterocycles. The Balaban J connectivity index is 2.15. The zero-order valence-electron chi connectivity index (χ0n) is 16.7. The van der Waals surface area contributed by atoms with Crippen LogP contribution in [0.4, 0.5) is 0 Å². The minimum atomic E-state index is 0.504. The summed E-state index contributed by atoms with van der Waals surface area (Å²) < 4.78 is 18.2. The number of hydrogen-bond donors (Lipinski definition) is 0. The first-order valence-corrected chi connectivity index (χ1v) is 9.82. The molecule has 3 rings (SSSR count). The number of thiazole rings is 1. The Bertz CT molecular complexity index is 1080. The lowest BCUT2D eigenvalue weighted by Crippen LogP contribution is -2.13. The number of ether oxygens (including phenoxy) is 3. The molecule has 0 spiro atoms. The Morgan fingerprint density at radius 3 is 2.48 bits per heavy atom. The van der Waals surface area contributed by atoms with Gasteiger partial charge in [0.15, 0.2) is 11.5 Å². The third-order valence-electron chi connectivity index (χ3n) is 4.17. The SMILES string of the molecule is C=CCN=c1scc(-c2ccccc2OC)n1N=Cc1cccc(OC)c1OC. The summed E-state index contributed by atoms with van der Waals surface area (Å²) in [4.78, 5) is 5.32. The molecular weight excluding hydrogens is 386 g/mol. The van der Waals surface area contributed by atoms with Crippen molar-refractivity contribution in [2.24, 2.45) is 10.1 Å². The molecule has 0 bridgehead atoms. The fourth-order valence-corrected chi connectivity index (χ4v) is 3.68. The molecular formula is C22H23N3O3S. The van der Waals surface area contributed by atoms with Gasteiger partial charge >= 0.3 is 0 Å². The van der Waals surface area contributed by atoms with Crippen molar-refractivity contribution >= 4 is 17.6 Å². The van der Waals surface area contributed by atoms with Gasteiger partial charge in [0.1, 0.15) is 5.75 Å². The molecule has 6 nitrogen and oxygen atoms in total. The summed E-state index contributed by atoms with van der Waals surface area (Å²) in [5, 5.41) is 6.72. The molecule has 0 aliphatic rings. The second-order valence-electron chi connectivity index (χ2n) is 5.87. The van der Waals surface area contributed by atoms with Crippen LogP contribution in [0.3, 0.4) is 0 Å². The van der Waals surface area contributed by atoms with Gasteiger partial charge in [0.25, 0.3) is 0 Å². The number of methoxy groups -OCH3 is 3. The molecule has 0 N–H and O–H groups in total. The van der Waals surface area contributed by atoms with Gasteiger partial charge in [-0.15, -0.1) is 17.9 Å². The van der Waals surface area contributed by atoms with E-state index >= 15 is 0 Å². The standard InChI is InChI=1S/C22H23N3O3S/c1-5-13-23-22-25(18(15-29-22)17-10-6-7-11-19(17)26-2)24-14-16-9-8-12-20(27-3)21(16)28-4/h5-12,14-15H,1,13H2,2-4H3. The molecule has 1 heterocycles. The summed E-state index contributed by atoms with van der Waals surface area (Å²) in [5.41, 5.74) is 2.61. The van der Waals surface area contributed by atoms with Crippen molar-refractivity contribution in [1.82, 2.24) is 4.68 Å². The second kappa shape index (κ2) is 9.75. The first kappa shape index (κ1) is 20.4. The monoisotopic (exact) mass is 409 g/mol. The molecule has 0 atom stereocenters. The summed E-state index contributed by atoms with van der Waals surface area (Å²) in [5.74, 6) is 2.04. The van der Waals surface area contributed by atoms with Gasteiger partial charge in [0, 0.05) is 16.5 Å². The summed E-state index contributed by atoms with van der Waals surface area (Å²) in [7, 11) is 4.87. The number of rotatable bonds is 8. The van der Waals surface area contributed by atoms with E-state index in [1.165, 1.54) is 11.3 Å². The Labute approximate surface area is 174 Å². The largest absolute Gasteiger partial charge is 0.496 e. The molecule has 0 radical (unpaired) electrons. The van der Waals surface area contributed by atoms with Gasteiger partial charge in [0.05, 0.1) is 39.8 Å². The van der Waals surface area contributed by atoms with Crippen LogP contribution in [0, 0.1) is 0 Å². The second-order valence-corrected chi connectivity index (χ2v) is 6.71. The molecule has 3 aromatic rings. The molecule has 1 aromatic heterocycles. The van der Waals surface area contributed by atoms with Crippen LogP contribution in [-0.2, 0) is 0 Å². The van der Waals surface area contributed by atoms with E-state index in [0.29, 0.717) is 18.0 Å². The molecule has 7 heteroatoms. The van der Waals surface area contributed by atoms with E-state index in [-0.39, 0.29) is 0 Å². The van der Waals surface area contributed by atoms with E-state index in [0.717, 1.165) is 27.4 Å². The van der Waals surface area contributed by atoms with Crippen LogP contribution >= 0.6 is 11.3 Å². The van der Waals surface area contributed by atoms with E-state index in [1.807, 2.05) is 47.8 Å². The maximum absolute atomic E-state index is 5.53. The highest BCUT2D eigenvalue weighted by Crippen LogP contribution is 2.31. The van der Waals surface area contributed by atoms with Crippen LogP contribution < -0.4 is 19.0 Å². The maximum Gasteiger partial charge on any atom is 0.206 e. The molecule has 29 heavy (non-hydrogen) atoms. The van der Waals surface area contributed by atoms with E-state index in [2.05, 4.69) is 11.6 Å². The van der Waals surface area contributed by atoms with Crippen molar-refractivity contribution in [3.05, 3.63) is 70.9 Å². The van der Waals surface area contributed by atoms with E-state index < -0.39 is 0 Å². The number of benzene rings is 2. The summed E-state index contributed by atoms with van der Waals surface area (Å²) in [6.07, 6.45) is 3.49. The van der Waals surface area contributed by atoms with Gasteiger partial charge in [-0.05, 0) is 24.3 Å². The molecule has 0 fully saturated rings. The third-order valence-corrected chi connectivity index (χ3v) is 5.02. The third kappa shape index (κ3) is 4.41. The maximum atomic E-state index is 5.53. The van der Waals surface area contributed by atoms with Gasteiger partial charge in [-0.2, -0.15) is 5.10 Å². The highest BCUT2D eigenvalue weighted by molar-refractivity contribution is 7.07. The summed E-state index contributed by atoms with van der Waals surface area (Å²) in [6, 6.07) is 13.5. The van der Waals surface area contributed by atoms with Crippen molar-refractivity contribution < 1.29 is 14.2 Å². The first-order valence-electron chi connectivity index (χ1n) is 8.94. The van der Waals surface area contributed by atoms with Crippen LogP contribution in [0.15, 0.2) is 70.6 Å². The molecule has 0 amide bonds. The normalized spacial score (nSPS) is 11.6. The molecule has 0 aliphatic carbocycles. The van der Waals surface area contributed by atoms with Gasteiger partial charge in [-0.1, -0.05) is 24.3 Å². The minimum Gasteiger partial charge on any atom is -0.496 e. The zero-order chi connectivity index (χ0) is 20.6. The van der Waals surface area contributed by atoms with Crippen molar-refractivity contribution in [2.75, 3.05) is 27.9 Å². The Morgan fingerprint density at radius 1 is 1.00 bits per heavy atom. The highest BCUT2D eigenvalue weighted by atomic mass is 32.1. The molecule has 0 unspecified atom stereocenters. The van der Waals surface area contributed by atoms with Crippen LogP contribution in [0.2, 0.25) is 0 Å². The smallest absolute Gasteiger partial charge is 0.206 e. The lowest BCUT2D eigenvalue weighted by molar-refractivity contribution is 0.354. The fourth-order valence-electron chi connectivity index (χ4n) is 2.84. The van der Waals surface area contributed by atoms with Crippen LogP contribution in [0.1, 0.15) is 5.56 Å². The van der Waals surface area contributed by atoms with Crippen molar-refractivity contribution in [2.45, 2.75) is 0 Å². The lowest BCUT2D eigenvalue weighted by Gasteiger charge is -2.10. The first-order chi connectivity index (χ1) is 14.2. The zero-order valence-corrected chi connectivity index (χ0v) is 17.5. The van der Waals surface area contributed by atoms with Crippen LogP contribution in [0.5, 0.6) is 17.2 Å². The quantitative estimate of drug-likeness (QED) is 0.414. The predicted molar refractivity (Wildman–Crippen MR) is 117 cm³/mol. The topological polar surface area (TPSA) is 57.3 Å². The van der Waals surface area contributed by atoms with Gasteiger partial charge in [-0.3, -0.25) is 4.99 Å². The molecule has 150 valence electrons.